The fourth-order valence-electron chi connectivity index (χ4n) is 1.12. The minimum Gasteiger partial charge on any atom is -0.396 e. The van der Waals surface area contributed by atoms with Crippen LogP contribution in [0, 0.1) is 5.41 Å². The maximum atomic E-state index is 11.7. The van der Waals surface area contributed by atoms with Crippen molar-refractivity contribution in [1.82, 2.24) is 4.98 Å². The number of carbonyl (C=O) groups excluding carboxylic acids is 1. The van der Waals surface area contributed by atoms with E-state index in [-0.39, 0.29) is 17.8 Å². The molecule has 82 valence electrons. The summed E-state index contributed by atoms with van der Waals surface area (Å²) in [6.45, 7) is 3.70. The summed E-state index contributed by atoms with van der Waals surface area (Å²) in [6, 6.07) is 3.46. The van der Waals surface area contributed by atoms with Gasteiger partial charge in [-0.05, 0) is 33.5 Å². The number of hydrogen-bond acceptors (Lipinski definition) is 3. The molecule has 0 aromatic carbocycles. The van der Waals surface area contributed by atoms with E-state index in [1.54, 1.807) is 18.3 Å². The Morgan fingerprint density at radius 3 is 2.67 bits per heavy atom. The minimum absolute atomic E-state index is 0.00469. The highest BCUT2D eigenvalue weighted by molar-refractivity contribution is 9.10. The van der Waals surface area contributed by atoms with Crippen molar-refractivity contribution >= 4 is 21.7 Å². The average molecular weight is 272 g/mol. The molecule has 0 radical (unpaired) electrons. The number of aliphatic hydroxyl groups is 1. The Balaban J connectivity index is 2.74. The van der Waals surface area contributed by atoms with Gasteiger partial charge in [0.05, 0.1) is 0 Å². The summed E-state index contributed by atoms with van der Waals surface area (Å²) in [5, 5.41) is 9.05. The van der Waals surface area contributed by atoms with E-state index < -0.39 is 0 Å². The van der Waals surface area contributed by atoms with Crippen LogP contribution >= 0.6 is 15.9 Å². The Morgan fingerprint density at radius 1 is 1.53 bits per heavy atom. The summed E-state index contributed by atoms with van der Waals surface area (Å²) in [4.78, 5) is 15.8. The number of carbonyl (C=O) groups is 1. The number of hydrogen-bond donors (Lipinski definition) is 1. The predicted molar refractivity (Wildman–Crippen MR) is 61.8 cm³/mol. The van der Waals surface area contributed by atoms with Crippen molar-refractivity contribution in [2.24, 2.45) is 5.41 Å². The number of nitrogens with zero attached hydrogens (tertiary/aromatic N) is 1. The van der Waals surface area contributed by atoms with E-state index in [0.29, 0.717) is 12.1 Å². The molecule has 0 unspecified atom stereocenters. The fraction of sp³-hybridized carbons (Fsp3) is 0.455. The van der Waals surface area contributed by atoms with Gasteiger partial charge in [-0.25, -0.2) is 0 Å². The first-order valence-electron chi connectivity index (χ1n) is 4.70. The Morgan fingerprint density at radius 2 is 2.20 bits per heavy atom. The van der Waals surface area contributed by atoms with Crippen molar-refractivity contribution in [1.29, 1.82) is 0 Å². The van der Waals surface area contributed by atoms with Gasteiger partial charge in [0.1, 0.15) is 5.69 Å². The second kappa shape index (κ2) is 4.86. The quantitative estimate of drug-likeness (QED) is 0.856. The lowest BCUT2D eigenvalue weighted by Gasteiger charge is -2.19. The van der Waals surface area contributed by atoms with Gasteiger partial charge >= 0.3 is 0 Å². The summed E-state index contributed by atoms with van der Waals surface area (Å²) < 4.78 is 0.848. The fourth-order valence-corrected chi connectivity index (χ4v) is 1.36. The van der Waals surface area contributed by atoms with Gasteiger partial charge in [-0.15, -0.1) is 0 Å². The Labute approximate surface area is 97.7 Å². The summed E-state index contributed by atoms with van der Waals surface area (Å²) in [7, 11) is 0. The standard InChI is InChI=1S/C11H14BrNO2/c1-11(2,7-14)5-10(15)9-4-3-8(12)6-13-9/h3-4,6,14H,5,7H2,1-2H3. The number of aliphatic hydroxyl groups excluding tert-OH is 1. The monoisotopic (exact) mass is 271 g/mol. The molecule has 0 spiro atoms. The number of aromatic nitrogens is 1. The van der Waals surface area contributed by atoms with Crippen LogP contribution in [0.3, 0.4) is 0 Å². The number of rotatable bonds is 4. The lowest BCUT2D eigenvalue weighted by molar-refractivity contribution is 0.0854. The normalized spacial score (nSPS) is 11.5. The first-order valence-corrected chi connectivity index (χ1v) is 5.49. The predicted octanol–water partition coefficient (Wildman–Crippen LogP) is 2.44. The van der Waals surface area contributed by atoms with E-state index >= 15 is 0 Å². The van der Waals surface area contributed by atoms with E-state index in [4.69, 9.17) is 5.11 Å². The summed E-state index contributed by atoms with van der Waals surface area (Å²) in [6.07, 6.45) is 1.90. The van der Waals surface area contributed by atoms with Crippen LogP contribution in [-0.2, 0) is 0 Å². The zero-order valence-corrected chi connectivity index (χ0v) is 10.4. The van der Waals surface area contributed by atoms with Crippen LogP contribution in [0.4, 0.5) is 0 Å². The second-order valence-corrected chi connectivity index (χ2v) is 5.20. The maximum absolute atomic E-state index is 11.7. The van der Waals surface area contributed by atoms with Crippen molar-refractivity contribution in [3.05, 3.63) is 28.5 Å². The van der Waals surface area contributed by atoms with Crippen LogP contribution < -0.4 is 0 Å². The number of halogens is 1. The average Bonchev–Trinajstić information content (AvgIpc) is 2.18. The van der Waals surface area contributed by atoms with Crippen molar-refractivity contribution in [2.75, 3.05) is 6.61 Å². The smallest absolute Gasteiger partial charge is 0.181 e. The lowest BCUT2D eigenvalue weighted by Crippen LogP contribution is -2.21. The van der Waals surface area contributed by atoms with Crippen molar-refractivity contribution < 1.29 is 9.90 Å². The number of ketones is 1. The molecule has 1 aromatic heterocycles. The molecule has 0 atom stereocenters. The van der Waals surface area contributed by atoms with Gasteiger partial charge in [0, 0.05) is 23.7 Å². The van der Waals surface area contributed by atoms with Gasteiger partial charge in [-0.2, -0.15) is 0 Å². The molecule has 1 N–H and O–H groups in total. The van der Waals surface area contributed by atoms with Crippen LogP contribution in [-0.4, -0.2) is 22.5 Å². The first kappa shape index (κ1) is 12.3. The molecule has 1 heterocycles. The third-order valence-corrected chi connectivity index (χ3v) is 2.55. The number of Topliss-reactive ketones (excluding diaryl/α,β-unsaturated/α-hetero) is 1. The van der Waals surface area contributed by atoms with Gasteiger partial charge in [0.15, 0.2) is 5.78 Å². The van der Waals surface area contributed by atoms with Crippen LogP contribution in [0.5, 0.6) is 0 Å². The zero-order chi connectivity index (χ0) is 11.5. The lowest BCUT2D eigenvalue weighted by atomic mass is 9.87. The topological polar surface area (TPSA) is 50.2 Å². The van der Waals surface area contributed by atoms with Gasteiger partial charge in [0.25, 0.3) is 0 Å². The van der Waals surface area contributed by atoms with Crippen LogP contribution in [0.1, 0.15) is 30.8 Å². The molecule has 1 aromatic rings. The van der Waals surface area contributed by atoms with Gasteiger partial charge in [-0.3, -0.25) is 9.78 Å². The highest BCUT2D eigenvalue weighted by Gasteiger charge is 2.22. The molecule has 4 heteroatoms. The van der Waals surface area contributed by atoms with Crippen molar-refractivity contribution in [3.8, 4) is 0 Å². The molecule has 0 bridgehead atoms. The molecule has 3 nitrogen and oxygen atoms in total. The third-order valence-electron chi connectivity index (χ3n) is 2.08. The molecular formula is C11H14BrNO2. The van der Waals surface area contributed by atoms with Gasteiger partial charge in [0.2, 0.25) is 0 Å². The molecule has 0 amide bonds. The van der Waals surface area contributed by atoms with Crippen molar-refractivity contribution in [3.63, 3.8) is 0 Å². The summed E-state index contributed by atoms with van der Waals surface area (Å²) in [5.41, 5.74) is 0.0611. The molecule has 0 saturated carbocycles. The minimum atomic E-state index is -0.383. The molecule has 0 aliphatic heterocycles. The summed E-state index contributed by atoms with van der Waals surface area (Å²) in [5.74, 6) is -0.0402. The van der Waals surface area contributed by atoms with Crippen LogP contribution in [0.25, 0.3) is 0 Å². The zero-order valence-electron chi connectivity index (χ0n) is 8.83. The van der Waals surface area contributed by atoms with E-state index in [0.717, 1.165) is 4.47 Å². The second-order valence-electron chi connectivity index (χ2n) is 4.28. The van der Waals surface area contributed by atoms with Crippen LogP contribution in [0.15, 0.2) is 22.8 Å². The van der Waals surface area contributed by atoms with Gasteiger partial charge in [-0.1, -0.05) is 13.8 Å². The van der Waals surface area contributed by atoms with Crippen molar-refractivity contribution in [2.45, 2.75) is 20.3 Å². The van der Waals surface area contributed by atoms with E-state index in [2.05, 4.69) is 20.9 Å². The highest BCUT2D eigenvalue weighted by atomic mass is 79.9. The molecule has 15 heavy (non-hydrogen) atoms. The third kappa shape index (κ3) is 3.72. The molecule has 0 aliphatic carbocycles. The largest absolute Gasteiger partial charge is 0.396 e. The molecule has 0 aliphatic rings. The van der Waals surface area contributed by atoms with Crippen LogP contribution in [0.2, 0.25) is 0 Å². The maximum Gasteiger partial charge on any atom is 0.181 e. The summed E-state index contributed by atoms with van der Waals surface area (Å²) >= 11 is 3.26. The van der Waals surface area contributed by atoms with E-state index in [9.17, 15) is 4.79 Å². The Hall–Kier alpha value is -0.740. The molecular weight excluding hydrogens is 258 g/mol. The van der Waals surface area contributed by atoms with E-state index in [1.165, 1.54) is 0 Å². The molecule has 1 rings (SSSR count). The van der Waals surface area contributed by atoms with Gasteiger partial charge < -0.3 is 5.11 Å². The Kier molecular flexibility index (Phi) is 3.99. The molecule has 0 saturated heterocycles. The SMILES string of the molecule is CC(C)(CO)CC(=O)c1ccc(Br)cn1. The Bertz CT molecular complexity index is 346. The number of pyridine rings is 1. The first-order chi connectivity index (χ1) is 6.94. The molecule has 0 fully saturated rings. The van der Waals surface area contributed by atoms with E-state index in [1.807, 2.05) is 13.8 Å². The highest BCUT2D eigenvalue weighted by Crippen LogP contribution is 2.21.